The van der Waals surface area contributed by atoms with E-state index in [1.54, 1.807) is 0 Å². The first kappa shape index (κ1) is 21.2. The largest absolute Gasteiger partial charge is 0.371 e. The Balaban J connectivity index is 0.00000109. The Labute approximate surface area is 168 Å². The van der Waals surface area contributed by atoms with Gasteiger partial charge in [0.15, 0.2) is 0 Å². The van der Waals surface area contributed by atoms with E-state index in [4.69, 9.17) is 9.47 Å². The Morgan fingerprint density at radius 3 is 2.61 bits per heavy atom. The second kappa shape index (κ2) is 9.83. The van der Waals surface area contributed by atoms with Crippen LogP contribution in [0.3, 0.4) is 0 Å². The van der Waals surface area contributed by atoms with E-state index in [0.29, 0.717) is 13.2 Å². The highest BCUT2D eigenvalue weighted by atomic mass is 16.6. The van der Waals surface area contributed by atoms with E-state index >= 15 is 0 Å². The number of fused-ring (bicyclic) bond motifs is 1. The van der Waals surface area contributed by atoms with Gasteiger partial charge in [0.25, 0.3) is 0 Å². The van der Waals surface area contributed by atoms with Gasteiger partial charge in [0.2, 0.25) is 5.91 Å². The van der Waals surface area contributed by atoms with Crippen LogP contribution in [-0.4, -0.2) is 52.4 Å². The summed E-state index contributed by atoms with van der Waals surface area (Å²) >= 11 is 0. The molecule has 158 valence electrons. The molecule has 7 heteroatoms. The first-order valence-electron chi connectivity index (χ1n) is 11.1. The van der Waals surface area contributed by atoms with Gasteiger partial charge in [0, 0.05) is 12.1 Å². The summed E-state index contributed by atoms with van der Waals surface area (Å²) in [6.45, 7) is 8.83. The molecule has 3 aliphatic rings. The number of hydrogen-bond acceptors (Lipinski definition) is 5. The summed E-state index contributed by atoms with van der Waals surface area (Å²) in [5, 5.41) is 11.8. The lowest BCUT2D eigenvalue weighted by Gasteiger charge is -2.20. The summed E-state index contributed by atoms with van der Waals surface area (Å²) in [6.07, 6.45) is 9.59. The average molecular weight is 393 g/mol. The fourth-order valence-corrected chi connectivity index (χ4v) is 4.44. The molecule has 1 aliphatic carbocycles. The molecule has 0 bridgehead atoms. The zero-order valence-corrected chi connectivity index (χ0v) is 17.8. The molecule has 1 N–H and O–H groups in total. The molecule has 28 heavy (non-hydrogen) atoms. The lowest BCUT2D eigenvalue weighted by atomic mass is 9.86. The number of aromatic nitrogens is 3. The fourth-order valence-electron chi connectivity index (χ4n) is 4.44. The van der Waals surface area contributed by atoms with Crippen LogP contribution in [-0.2, 0) is 20.7 Å². The second-order valence-corrected chi connectivity index (χ2v) is 8.33. The first-order valence-corrected chi connectivity index (χ1v) is 11.1. The van der Waals surface area contributed by atoms with E-state index in [1.807, 2.05) is 32.4 Å². The maximum absolute atomic E-state index is 12.0. The van der Waals surface area contributed by atoms with Gasteiger partial charge in [-0.15, -0.1) is 5.10 Å². The fraction of sp³-hybridized carbons (Fsp3) is 0.857. The van der Waals surface area contributed by atoms with Crippen LogP contribution in [0.4, 0.5) is 0 Å². The highest BCUT2D eigenvalue weighted by Gasteiger charge is 2.49. The van der Waals surface area contributed by atoms with Crippen molar-refractivity contribution in [1.29, 1.82) is 0 Å². The summed E-state index contributed by atoms with van der Waals surface area (Å²) in [5.74, 6) is 0.755. The summed E-state index contributed by atoms with van der Waals surface area (Å²) < 4.78 is 13.8. The second-order valence-electron chi connectivity index (χ2n) is 8.33. The molecule has 7 nitrogen and oxygen atoms in total. The first-order chi connectivity index (χ1) is 13.6. The van der Waals surface area contributed by atoms with Crippen molar-refractivity contribution in [3.05, 3.63) is 11.9 Å². The Kier molecular flexibility index (Phi) is 7.46. The maximum atomic E-state index is 12.0. The minimum absolute atomic E-state index is 0.0357. The Morgan fingerprint density at radius 2 is 1.89 bits per heavy atom. The van der Waals surface area contributed by atoms with Gasteiger partial charge >= 0.3 is 0 Å². The van der Waals surface area contributed by atoms with Crippen LogP contribution >= 0.6 is 0 Å². The predicted octanol–water partition coefficient (Wildman–Crippen LogP) is 2.91. The molecule has 1 aromatic heterocycles. The van der Waals surface area contributed by atoms with Gasteiger partial charge in [0.1, 0.15) is 18.2 Å². The van der Waals surface area contributed by atoms with Crippen molar-refractivity contribution in [3.63, 3.8) is 0 Å². The van der Waals surface area contributed by atoms with Gasteiger partial charge in [-0.05, 0) is 12.3 Å². The molecule has 1 aromatic rings. The number of nitrogens with zero attached hydrogens (tertiary/aromatic N) is 3. The van der Waals surface area contributed by atoms with Gasteiger partial charge in [-0.3, -0.25) is 4.79 Å². The van der Waals surface area contributed by atoms with Crippen molar-refractivity contribution in [1.82, 2.24) is 20.3 Å². The number of amides is 1. The molecule has 4 unspecified atom stereocenters. The highest BCUT2D eigenvalue weighted by molar-refractivity contribution is 5.78. The van der Waals surface area contributed by atoms with Crippen LogP contribution < -0.4 is 5.32 Å². The van der Waals surface area contributed by atoms with Crippen molar-refractivity contribution in [2.75, 3.05) is 13.2 Å². The third kappa shape index (κ3) is 4.74. The third-order valence-electron chi connectivity index (χ3n) is 6.00. The molecule has 3 fully saturated rings. The zero-order valence-electron chi connectivity index (χ0n) is 17.8. The number of hydrogen-bond donors (Lipinski definition) is 1. The molecule has 0 aromatic carbocycles. The normalized spacial score (nSPS) is 30.0. The van der Waals surface area contributed by atoms with Gasteiger partial charge in [0.05, 0.1) is 24.9 Å². The lowest BCUT2D eigenvalue weighted by Crippen LogP contribution is -2.45. The third-order valence-corrected chi connectivity index (χ3v) is 6.00. The van der Waals surface area contributed by atoms with Crippen LogP contribution in [0.15, 0.2) is 6.20 Å². The molecule has 1 saturated carbocycles. The van der Waals surface area contributed by atoms with E-state index in [2.05, 4.69) is 21.8 Å². The Hall–Kier alpha value is -1.47. The molecule has 3 heterocycles. The van der Waals surface area contributed by atoms with Gasteiger partial charge in [-0.1, -0.05) is 65.0 Å². The van der Waals surface area contributed by atoms with Crippen LogP contribution in [0.2, 0.25) is 0 Å². The van der Waals surface area contributed by atoms with E-state index in [9.17, 15) is 4.79 Å². The Morgan fingerprint density at radius 1 is 1.18 bits per heavy atom. The van der Waals surface area contributed by atoms with E-state index in [0.717, 1.165) is 18.0 Å². The minimum atomic E-state index is -0.103. The quantitative estimate of drug-likeness (QED) is 0.834. The van der Waals surface area contributed by atoms with Crippen LogP contribution in [0.1, 0.15) is 71.5 Å². The molecule has 2 saturated heterocycles. The number of rotatable bonds is 5. The van der Waals surface area contributed by atoms with Crippen LogP contribution in [0, 0.1) is 11.8 Å². The molecule has 4 atom stereocenters. The molecule has 1 amide bonds. The predicted molar refractivity (Wildman–Crippen MR) is 107 cm³/mol. The van der Waals surface area contributed by atoms with Crippen molar-refractivity contribution >= 4 is 5.91 Å². The standard InChI is InChI=1S/C19H30N4O3.C2H6/c1-12(2)19(24)20-15-10-25-18-16(11-26-17(15)18)23-9-14(21-22-23)8-13-6-4-3-5-7-13;1-2/h9,12-13,15-18H,3-8,10-11H2,1-2H3,(H,20,24);1-2H3. The molecule has 2 aliphatic heterocycles. The van der Waals surface area contributed by atoms with E-state index in [1.165, 1.54) is 32.1 Å². The van der Waals surface area contributed by atoms with E-state index in [-0.39, 0.29) is 36.1 Å². The maximum Gasteiger partial charge on any atom is 0.222 e. The molecule has 4 rings (SSSR count). The topological polar surface area (TPSA) is 78.3 Å². The number of carbonyl (C=O) groups is 1. The van der Waals surface area contributed by atoms with Crippen LogP contribution in [0.5, 0.6) is 0 Å². The summed E-state index contributed by atoms with van der Waals surface area (Å²) in [5.41, 5.74) is 1.07. The van der Waals surface area contributed by atoms with Gasteiger partial charge < -0.3 is 14.8 Å². The lowest BCUT2D eigenvalue weighted by molar-refractivity contribution is -0.125. The monoisotopic (exact) mass is 392 g/mol. The van der Waals surface area contributed by atoms with Crippen molar-refractivity contribution < 1.29 is 14.3 Å². The Bertz CT molecular complexity index is 627. The number of ether oxygens (including phenoxy) is 2. The highest BCUT2D eigenvalue weighted by Crippen LogP contribution is 2.34. The van der Waals surface area contributed by atoms with Crippen molar-refractivity contribution in [2.45, 2.75) is 90.5 Å². The van der Waals surface area contributed by atoms with Gasteiger partial charge in [-0.2, -0.15) is 0 Å². The molecular formula is C21H36N4O3. The summed E-state index contributed by atoms with van der Waals surface area (Å²) in [6, 6.07) is -0.0429. The van der Waals surface area contributed by atoms with Gasteiger partial charge in [-0.25, -0.2) is 4.68 Å². The van der Waals surface area contributed by atoms with Crippen LogP contribution in [0.25, 0.3) is 0 Å². The summed E-state index contributed by atoms with van der Waals surface area (Å²) in [7, 11) is 0. The van der Waals surface area contributed by atoms with Crippen molar-refractivity contribution in [3.8, 4) is 0 Å². The number of carbonyl (C=O) groups excluding carboxylic acids is 1. The van der Waals surface area contributed by atoms with Crippen molar-refractivity contribution in [2.24, 2.45) is 11.8 Å². The summed E-state index contributed by atoms with van der Waals surface area (Å²) in [4.78, 5) is 12.0. The smallest absolute Gasteiger partial charge is 0.222 e. The zero-order chi connectivity index (χ0) is 20.1. The molecule has 0 radical (unpaired) electrons. The SMILES string of the molecule is CC.CC(C)C(=O)NC1COC2C1OCC2n1cc(CC2CCCCC2)nn1. The average Bonchev–Trinajstić information content (AvgIpc) is 3.42. The van der Waals surface area contributed by atoms with E-state index < -0.39 is 0 Å². The molecular weight excluding hydrogens is 356 g/mol. The molecule has 0 spiro atoms. The minimum Gasteiger partial charge on any atom is -0.371 e. The number of nitrogens with one attached hydrogen (secondary N) is 1.